The Balaban J connectivity index is 2.01. The van der Waals surface area contributed by atoms with Gasteiger partial charge in [0.2, 0.25) is 0 Å². The van der Waals surface area contributed by atoms with Crippen LogP contribution in [0.1, 0.15) is 15.9 Å². The molecule has 0 aromatic heterocycles. The predicted molar refractivity (Wildman–Crippen MR) is 92.3 cm³/mol. The molecule has 0 bridgehead atoms. The highest BCUT2D eigenvalue weighted by molar-refractivity contribution is 6.36. The number of carbonyl (C=O) groups is 1. The number of nitrogens with zero attached hydrogens (tertiary/aromatic N) is 2. The van der Waals surface area contributed by atoms with Crippen molar-refractivity contribution in [1.82, 2.24) is 5.43 Å². The van der Waals surface area contributed by atoms with Crippen molar-refractivity contribution < 1.29 is 4.79 Å². The van der Waals surface area contributed by atoms with E-state index in [9.17, 15) is 4.79 Å². The molecule has 1 N–H and O–H groups in total. The maximum Gasteiger partial charge on any atom is 0.271 e. The number of hydrogen-bond acceptors (Lipinski definition) is 3. The number of halogens is 2. The number of hydrogen-bond donors (Lipinski definition) is 1. The van der Waals surface area contributed by atoms with E-state index in [1.165, 1.54) is 6.21 Å². The Morgan fingerprint density at radius 3 is 2.41 bits per heavy atom. The van der Waals surface area contributed by atoms with Crippen molar-refractivity contribution >= 4 is 41.0 Å². The normalized spacial score (nSPS) is 10.7. The van der Waals surface area contributed by atoms with Crippen LogP contribution >= 0.6 is 23.2 Å². The third kappa shape index (κ3) is 4.23. The first-order chi connectivity index (χ1) is 10.5. The summed E-state index contributed by atoms with van der Waals surface area (Å²) >= 11 is 11.8. The van der Waals surface area contributed by atoms with Gasteiger partial charge in [0.1, 0.15) is 0 Å². The smallest absolute Gasteiger partial charge is 0.271 e. The second-order valence-corrected chi connectivity index (χ2v) is 5.65. The van der Waals surface area contributed by atoms with Crippen LogP contribution in [-0.2, 0) is 0 Å². The highest BCUT2D eigenvalue weighted by atomic mass is 35.5. The number of benzene rings is 2. The summed E-state index contributed by atoms with van der Waals surface area (Å²) in [6.45, 7) is 0. The summed E-state index contributed by atoms with van der Waals surface area (Å²) in [7, 11) is 3.88. The summed E-state index contributed by atoms with van der Waals surface area (Å²) in [4.78, 5) is 13.9. The summed E-state index contributed by atoms with van der Waals surface area (Å²) in [6.07, 6.45) is 1.48. The molecular weight excluding hydrogens is 321 g/mol. The molecule has 0 saturated carbocycles. The Hall–Kier alpha value is -2.04. The number of carbonyl (C=O) groups excluding carboxylic acids is 1. The molecule has 1 amide bonds. The van der Waals surface area contributed by atoms with Crippen LogP contribution in [0.2, 0.25) is 10.0 Å². The van der Waals surface area contributed by atoms with Crippen LogP contribution in [0, 0.1) is 0 Å². The van der Waals surface area contributed by atoms with Crippen molar-refractivity contribution in [3.05, 3.63) is 63.6 Å². The Kier molecular flexibility index (Phi) is 5.41. The van der Waals surface area contributed by atoms with Crippen LogP contribution in [0.4, 0.5) is 5.69 Å². The van der Waals surface area contributed by atoms with Crippen LogP contribution in [0.25, 0.3) is 0 Å². The SMILES string of the molecule is CN(C)c1ccc(C(=O)N/N=C\c2ccc(Cl)cc2Cl)cc1. The molecule has 0 saturated heterocycles. The van der Waals surface area contributed by atoms with Gasteiger partial charge in [0, 0.05) is 35.9 Å². The lowest BCUT2D eigenvalue weighted by Gasteiger charge is -2.12. The number of anilines is 1. The minimum absolute atomic E-state index is 0.286. The largest absolute Gasteiger partial charge is 0.378 e. The van der Waals surface area contributed by atoms with E-state index >= 15 is 0 Å². The third-order valence-electron chi connectivity index (χ3n) is 2.98. The fourth-order valence-electron chi connectivity index (χ4n) is 1.74. The highest BCUT2D eigenvalue weighted by Gasteiger charge is 2.05. The van der Waals surface area contributed by atoms with E-state index in [-0.39, 0.29) is 5.91 Å². The fourth-order valence-corrected chi connectivity index (χ4v) is 2.20. The maximum atomic E-state index is 12.0. The van der Waals surface area contributed by atoms with Crippen LogP contribution in [0.3, 0.4) is 0 Å². The van der Waals surface area contributed by atoms with Crippen molar-refractivity contribution in [3.63, 3.8) is 0 Å². The minimum Gasteiger partial charge on any atom is -0.378 e. The maximum absolute atomic E-state index is 12.0. The monoisotopic (exact) mass is 335 g/mol. The average molecular weight is 336 g/mol. The van der Waals surface area contributed by atoms with Crippen molar-refractivity contribution in [2.45, 2.75) is 0 Å². The van der Waals surface area contributed by atoms with Crippen molar-refractivity contribution in [3.8, 4) is 0 Å². The second-order valence-electron chi connectivity index (χ2n) is 4.81. The molecule has 2 aromatic carbocycles. The molecule has 0 heterocycles. The van der Waals surface area contributed by atoms with Gasteiger partial charge in [-0.05, 0) is 36.4 Å². The molecule has 0 fully saturated rings. The summed E-state index contributed by atoms with van der Waals surface area (Å²) in [5, 5.41) is 4.92. The average Bonchev–Trinajstić information content (AvgIpc) is 2.49. The zero-order valence-corrected chi connectivity index (χ0v) is 13.7. The van der Waals surface area contributed by atoms with Gasteiger partial charge in [0.25, 0.3) is 5.91 Å². The molecular formula is C16H15Cl2N3O. The fraction of sp³-hybridized carbons (Fsp3) is 0.125. The molecule has 22 heavy (non-hydrogen) atoms. The van der Waals surface area contributed by atoms with Crippen LogP contribution in [0.5, 0.6) is 0 Å². The van der Waals surface area contributed by atoms with E-state index in [1.807, 2.05) is 31.1 Å². The van der Waals surface area contributed by atoms with Gasteiger partial charge in [-0.25, -0.2) is 5.43 Å². The molecule has 0 atom stereocenters. The molecule has 0 radical (unpaired) electrons. The Morgan fingerprint density at radius 2 is 1.82 bits per heavy atom. The lowest BCUT2D eigenvalue weighted by Crippen LogP contribution is -2.18. The van der Waals surface area contributed by atoms with Gasteiger partial charge in [0.15, 0.2) is 0 Å². The van der Waals surface area contributed by atoms with E-state index in [0.29, 0.717) is 21.2 Å². The molecule has 0 aliphatic rings. The van der Waals surface area contributed by atoms with E-state index in [4.69, 9.17) is 23.2 Å². The van der Waals surface area contributed by atoms with Crippen molar-refractivity contribution in [1.29, 1.82) is 0 Å². The number of hydrazone groups is 1. The molecule has 0 spiro atoms. The topological polar surface area (TPSA) is 44.7 Å². The molecule has 0 unspecified atom stereocenters. The van der Waals surface area contributed by atoms with Gasteiger partial charge in [-0.2, -0.15) is 5.10 Å². The number of nitrogens with one attached hydrogen (secondary N) is 1. The predicted octanol–water partition coefficient (Wildman–Crippen LogP) is 3.82. The molecule has 114 valence electrons. The number of amides is 1. The summed E-state index contributed by atoms with van der Waals surface area (Å²) in [6, 6.07) is 12.3. The first-order valence-corrected chi connectivity index (χ1v) is 7.29. The molecule has 4 nitrogen and oxygen atoms in total. The van der Waals surface area contributed by atoms with Gasteiger partial charge in [-0.15, -0.1) is 0 Å². The number of rotatable bonds is 4. The van der Waals surface area contributed by atoms with Gasteiger partial charge in [0.05, 0.1) is 11.2 Å². The molecule has 6 heteroatoms. The zero-order chi connectivity index (χ0) is 16.1. The first-order valence-electron chi connectivity index (χ1n) is 6.53. The van der Waals surface area contributed by atoms with E-state index < -0.39 is 0 Å². The molecule has 2 aromatic rings. The van der Waals surface area contributed by atoms with Gasteiger partial charge < -0.3 is 4.90 Å². The zero-order valence-electron chi connectivity index (χ0n) is 12.2. The van der Waals surface area contributed by atoms with Crippen LogP contribution in [-0.4, -0.2) is 26.2 Å². The van der Waals surface area contributed by atoms with Gasteiger partial charge in [-0.3, -0.25) is 4.79 Å². The molecule has 0 aliphatic heterocycles. The highest BCUT2D eigenvalue weighted by Crippen LogP contribution is 2.19. The van der Waals surface area contributed by atoms with E-state index in [0.717, 1.165) is 5.69 Å². The lowest BCUT2D eigenvalue weighted by molar-refractivity contribution is 0.0955. The van der Waals surface area contributed by atoms with Crippen LogP contribution in [0.15, 0.2) is 47.6 Å². The van der Waals surface area contributed by atoms with Gasteiger partial charge >= 0.3 is 0 Å². The van der Waals surface area contributed by atoms with Crippen molar-refractivity contribution in [2.75, 3.05) is 19.0 Å². The second kappa shape index (κ2) is 7.29. The van der Waals surface area contributed by atoms with Crippen molar-refractivity contribution in [2.24, 2.45) is 5.10 Å². The molecule has 2 rings (SSSR count). The van der Waals surface area contributed by atoms with E-state index in [2.05, 4.69) is 10.5 Å². The van der Waals surface area contributed by atoms with Gasteiger partial charge in [-0.1, -0.05) is 29.3 Å². The first kappa shape index (κ1) is 16.3. The third-order valence-corrected chi connectivity index (χ3v) is 3.54. The van der Waals surface area contributed by atoms with E-state index in [1.54, 1.807) is 30.3 Å². The lowest BCUT2D eigenvalue weighted by atomic mass is 10.2. The Bertz CT molecular complexity index is 697. The molecule has 0 aliphatic carbocycles. The summed E-state index contributed by atoms with van der Waals surface area (Å²) < 4.78 is 0. The summed E-state index contributed by atoms with van der Waals surface area (Å²) in [5.41, 5.74) is 4.69. The standard InChI is InChI=1S/C16H15Cl2N3O/c1-21(2)14-7-4-11(5-8-14)16(22)20-19-10-12-3-6-13(17)9-15(12)18/h3-10H,1-2H3,(H,20,22)/b19-10-. The van der Waals surface area contributed by atoms with Crippen LogP contribution < -0.4 is 10.3 Å². The Morgan fingerprint density at radius 1 is 1.14 bits per heavy atom. The minimum atomic E-state index is -0.286. The Labute approximate surface area is 139 Å². The summed E-state index contributed by atoms with van der Waals surface area (Å²) in [5.74, 6) is -0.286. The quantitative estimate of drug-likeness (QED) is 0.681.